The maximum Gasteiger partial charge on any atom is 0.406 e. The molecule has 0 N–H and O–H groups in total. The van der Waals surface area contributed by atoms with Gasteiger partial charge in [0, 0.05) is 25.3 Å². The molecule has 21 heavy (non-hydrogen) atoms. The molecule has 0 unspecified atom stereocenters. The first kappa shape index (κ1) is 15.6. The van der Waals surface area contributed by atoms with Gasteiger partial charge in [0.15, 0.2) is 0 Å². The molecule has 0 spiro atoms. The van der Waals surface area contributed by atoms with Gasteiger partial charge in [0.05, 0.1) is 6.26 Å². The van der Waals surface area contributed by atoms with Crippen LogP contribution in [0.1, 0.15) is 18.6 Å². The van der Waals surface area contributed by atoms with E-state index in [1.165, 1.54) is 12.3 Å². The lowest BCUT2D eigenvalue weighted by Gasteiger charge is -2.34. The van der Waals surface area contributed by atoms with E-state index in [0.717, 1.165) is 11.0 Å². The normalized spacial score (nSPS) is 17.3. The number of carbonyl (C=O) groups excluding carboxylic acids is 1. The summed E-state index contributed by atoms with van der Waals surface area (Å²) in [5.74, 6) is -0.252. The second-order valence-corrected chi connectivity index (χ2v) is 4.77. The van der Waals surface area contributed by atoms with Crippen LogP contribution in [0.5, 0.6) is 0 Å². The van der Waals surface area contributed by atoms with Crippen LogP contribution in [0.4, 0.5) is 13.2 Å². The van der Waals surface area contributed by atoms with E-state index in [9.17, 15) is 18.0 Å². The third kappa shape index (κ3) is 4.93. The molecule has 2 rings (SSSR count). The fourth-order valence-corrected chi connectivity index (χ4v) is 2.21. The summed E-state index contributed by atoms with van der Waals surface area (Å²) in [5.41, 5.74) is 0. The van der Waals surface area contributed by atoms with Crippen molar-refractivity contribution in [1.82, 2.24) is 4.90 Å². The molecule has 1 saturated heterocycles. The minimum atomic E-state index is -4.42. The molecule has 4 nitrogen and oxygen atoms in total. The Kier molecular flexibility index (Phi) is 5.06. The number of halogens is 3. The van der Waals surface area contributed by atoms with Gasteiger partial charge in [-0.1, -0.05) is 0 Å². The molecule has 0 bridgehead atoms. The first-order valence-electron chi connectivity index (χ1n) is 6.62. The summed E-state index contributed by atoms with van der Waals surface area (Å²) >= 11 is 0. The molecule has 116 valence electrons. The fourth-order valence-electron chi connectivity index (χ4n) is 2.21. The van der Waals surface area contributed by atoms with E-state index in [4.69, 9.17) is 9.15 Å². The molecular weight excluding hydrogens is 287 g/mol. The van der Waals surface area contributed by atoms with E-state index in [1.54, 1.807) is 12.1 Å². The summed E-state index contributed by atoms with van der Waals surface area (Å²) in [6.45, 7) is -0.513. The van der Waals surface area contributed by atoms with E-state index in [0.29, 0.717) is 31.8 Å². The van der Waals surface area contributed by atoms with Gasteiger partial charge in [-0.25, -0.2) is 0 Å². The smallest absolute Gasteiger partial charge is 0.406 e. The largest absolute Gasteiger partial charge is 0.465 e. The Morgan fingerprint density at radius 1 is 1.38 bits per heavy atom. The molecule has 7 heteroatoms. The van der Waals surface area contributed by atoms with Crippen LogP contribution in [-0.2, 0) is 9.53 Å². The summed E-state index contributed by atoms with van der Waals surface area (Å²) in [5, 5.41) is 0. The van der Waals surface area contributed by atoms with Crippen LogP contribution in [0.15, 0.2) is 28.9 Å². The monoisotopic (exact) mass is 303 g/mol. The topological polar surface area (TPSA) is 42.7 Å². The number of hydrogen-bond donors (Lipinski definition) is 0. The molecule has 0 atom stereocenters. The van der Waals surface area contributed by atoms with Crippen molar-refractivity contribution in [3.8, 4) is 0 Å². The van der Waals surface area contributed by atoms with Gasteiger partial charge in [0.2, 0.25) is 5.91 Å². The maximum atomic E-state index is 12.7. The second-order valence-electron chi connectivity index (χ2n) is 4.77. The van der Waals surface area contributed by atoms with Crippen molar-refractivity contribution >= 4 is 12.0 Å². The Balaban J connectivity index is 2.07. The van der Waals surface area contributed by atoms with Crippen molar-refractivity contribution in [2.45, 2.75) is 25.1 Å². The van der Waals surface area contributed by atoms with E-state index in [2.05, 4.69) is 0 Å². The van der Waals surface area contributed by atoms with Gasteiger partial charge < -0.3 is 14.1 Å². The molecule has 1 fully saturated rings. The fraction of sp³-hybridized carbons (Fsp3) is 0.500. The zero-order valence-corrected chi connectivity index (χ0v) is 11.3. The highest BCUT2D eigenvalue weighted by Gasteiger charge is 2.36. The minimum absolute atomic E-state index is 0.369. The molecule has 1 aromatic rings. The molecule has 1 aliphatic heterocycles. The molecule has 0 radical (unpaired) electrons. The Morgan fingerprint density at radius 2 is 2.10 bits per heavy atom. The average Bonchev–Trinajstić information content (AvgIpc) is 2.95. The first-order chi connectivity index (χ1) is 9.96. The highest BCUT2D eigenvalue weighted by atomic mass is 19.4. The Morgan fingerprint density at radius 3 is 2.67 bits per heavy atom. The summed E-state index contributed by atoms with van der Waals surface area (Å²) in [6.07, 6.45) is 0.306. The van der Waals surface area contributed by atoms with E-state index in [1.807, 2.05) is 0 Å². The predicted molar refractivity (Wildman–Crippen MR) is 69.4 cm³/mol. The Labute approximate surface area is 120 Å². The van der Waals surface area contributed by atoms with Gasteiger partial charge in [-0.2, -0.15) is 13.2 Å². The van der Waals surface area contributed by atoms with Crippen LogP contribution < -0.4 is 0 Å². The molecule has 0 aliphatic carbocycles. The minimum Gasteiger partial charge on any atom is -0.465 e. The third-order valence-electron chi connectivity index (χ3n) is 3.20. The molecule has 2 heterocycles. The van der Waals surface area contributed by atoms with Crippen LogP contribution in [-0.4, -0.2) is 42.8 Å². The van der Waals surface area contributed by atoms with Crippen LogP contribution in [0.3, 0.4) is 0 Å². The second kappa shape index (κ2) is 6.80. The van der Waals surface area contributed by atoms with E-state index in [-0.39, 0.29) is 0 Å². The van der Waals surface area contributed by atoms with Gasteiger partial charge >= 0.3 is 6.18 Å². The molecule has 1 amide bonds. The van der Waals surface area contributed by atoms with Gasteiger partial charge in [-0.15, -0.1) is 0 Å². The lowest BCUT2D eigenvalue weighted by atomic mass is 10.1. The first-order valence-corrected chi connectivity index (χ1v) is 6.62. The number of carbonyl (C=O) groups is 1. The van der Waals surface area contributed by atoms with Crippen LogP contribution in [0, 0.1) is 0 Å². The van der Waals surface area contributed by atoms with Crippen molar-refractivity contribution in [2.75, 3.05) is 19.8 Å². The average molecular weight is 303 g/mol. The zero-order chi connectivity index (χ0) is 15.3. The van der Waals surface area contributed by atoms with Gasteiger partial charge in [-0.3, -0.25) is 4.79 Å². The highest BCUT2D eigenvalue weighted by Crippen LogP contribution is 2.22. The molecule has 0 saturated carbocycles. The number of amides is 1. The number of nitrogens with zero attached hydrogens (tertiary/aromatic N) is 1. The molecular formula is C14H16F3NO3. The summed E-state index contributed by atoms with van der Waals surface area (Å²) in [7, 11) is 0. The van der Waals surface area contributed by atoms with Gasteiger partial charge in [0.1, 0.15) is 12.3 Å². The van der Waals surface area contributed by atoms with Crippen molar-refractivity contribution in [2.24, 2.45) is 0 Å². The maximum absolute atomic E-state index is 12.7. The van der Waals surface area contributed by atoms with Gasteiger partial charge in [0.25, 0.3) is 0 Å². The molecule has 0 aromatic carbocycles. The number of furan rings is 1. The number of hydrogen-bond acceptors (Lipinski definition) is 3. The quantitative estimate of drug-likeness (QED) is 0.803. The van der Waals surface area contributed by atoms with E-state index >= 15 is 0 Å². The van der Waals surface area contributed by atoms with Crippen molar-refractivity contribution in [1.29, 1.82) is 0 Å². The molecule has 1 aliphatic rings. The van der Waals surface area contributed by atoms with E-state index < -0.39 is 24.7 Å². The number of rotatable bonds is 4. The summed E-state index contributed by atoms with van der Waals surface area (Å²) < 4.78 is 48.1. The standard InChI is InChI=1S/C14H16F3NO3/c15-14(16,17)10-18(11-5-8-20-9-6-11)13(19)4-3-12-2-1-7-21-12/h1-4,7,11H,5-6,8-10H2/b4-3+. The predicted octanol–water partition coefficient (Wildman–Crippen LogP) is 2.86. The number of alkyl halides is 3. The lowest BCUT2D eigenvalue weighted by Crippen LogP contribution is -2.47. The Bertz CT molecular complexity index is 476. The zero-order valence-electron chi connectivity index (χ0n) is 11.3. The molecule has 1 aromatic heterocycles. The van der Waals surface area contributed by atoms with Gasteiger partial charge in [-0.05, 0) is 31.1 Å². The Hall–Kier alpha value is -1.76. The van der Waals surface area contributed by atoms with Crippen molar-refractivity contribution < 1.29 is 27.1 Å². The lowest BCUT2D eigenvalue weighted by molar-refractivity contribution is -0.165. The van der Waals surface area contributed by atoms with Crippen LogP contribution in [0.2, 0.25) is 0 Å². The SMILES string of the molecule is O=C(/C=C/c1ccco1)N(CC(F)(F)F)C1CCOCC1. The highest BCUT2D eigenvalue weighted by molar-refractivity contribution is 5.91. The van der Waals surface area contributed by atoms with Crippen LogP contribution >= 0.6 is 0 Å². The number of ether oxygens (including phenoxy) is 1. The van der Waals surface area contributed by atoms with Crippen molar-refractivity contribution in [3.63, 3.8) is 0 Å². The summed E-state index contributed by atoms with van der Waals surface area (Å²) in [4.78, 5) is 12.9. The van der Waals surface area contributed by atoms with Crippen LogP contribution in [0.25, 0.3) is 6.08 Å². The van der Waals surface area contributed by atoms with Crippen molar-refractivity contribution in [3.05, 3.63) is 30.2 Å². The third-order valence-corrected chi connectivity index (χ3v) is 3.20. The summed E-state index contributed by atoms with van der Waals surface area (Å²) in [6, 6.07) is 2.80.